The Morgan fingerprint density at radius 2 is 1.70 bits per heavy atom. The Labute approximate surface area is 282 Å². The molecule has 1 aliphatic carbocycles. The summed E-state index contributed by atoms with van der Waals surface area (Å²) in [6, 6.07) is 17.6. The van der Waals surface area contributed by atoms with E-state index < -0.39 is 29.6 Å². The number of piperazine rings is 1. The van der Waals surface area contributed by atoms with E-state index in [0.29, 0.717) is 12.2 Å². The molecule has 1 spiro atoms. The molecule has 3 amide bonds. The van der Waals surface area contributed by atoms with Gasteiger partial charge in [0.15, 0.2) is 0 Å². The van der Waals surface area contributed by atoms with E-state index in [2.05, 4.69) is 50.8 Å². The highest BCUT2D eigenvalue weighted by Gasteiger charge is 2.72. The molecule has 4 heterocycles. The van der Waals surface area contributed by atoms with Gasteiger partial charge in [0.25, 0.3) is 0 Å². The molecule has 0 radical (unpaired) electrons. The van der Waals surface area contributed by atoms with Crippen molar-refractivity contribution in [2.24, 2.45) is 11.8 Å². The summed E-state index contributed by atoms with van der Waals surface area (Å²) in [6.45, 7) is 6.24. The smallest absolute Gasteiger partial charge is 0.246 e. The maximum atomic E-state index is 14.4. The number of hydrogen-bond donors (Lipinski definition) is 2. The van der Waals surface area contributed by atoms with Gasteiger partial charge in [-0.2, -0.15) is 0 Å². The number of carbonyl (C=O) groups is 3. The summed E-state index contributed by atoms with van der Waals surface area (Å²) in [7, 11) is 0. The quantitative estimate of drug-likeness (QED) is 0.277. The molecule has 9 nitrogen and oxygen atoms in total. The van der Waals surface area contributed by atoms with Crippen LogP contribution in [0.2, 0.25) is 0 Å². The molecule has 4 aliphatic heterocycles. The average molecular weight is 658 g/mol. The van der Waals surface area contributed by atoms with Gasteiger partial charge >= 0.3 is 0 Å². The van der Waals surface area contributed by atoms with Gasteiger partial charge in [0.2, 0.25) is 17.7 Å². The van der Waals surface area contributed by atoms with E-state index in [9.17, 15) is 14.4 Å². The second-order valence-electron chi connectivity index (χ2n) is 13.8. The minimum Gasteiger partial charge on any atom is -0.359 e. The van der Waals surface area contributed by atoms with Crippen molar-refractivity contribution in [3.8, 4) is 0 Å². The summed E-state index contributed by atoms with van der Waals surface area (Å²) >= 11 is 1.61. The number of amides is 3. The fourth-order valence-corrected chi connectivity index (χ4v) is 8.90. The van der Waals surface area contributed by atoms with Gasteiger partial charge < -0.3 is 25.2 Å². The molecule has 0 aromatic heterocycles. The fourth-order valence-electron chi connectivity index (χ4n) is 8.44. The van der Waals surface area contributed by atoms with Crippen molar-refractivity contribution in [1.82, 2.24) is 20.0 Å². The number of carbonyl (C=O) groups excluding carboxylic acids is 3. The third-order valence-corrected chi connectivity index (χ3v) is 11.5. The van der Waals surface area contributed by atoms with Crippen molar-refractivity contribution in [1.29, 1.82) is 0 Å². The Morgan fingerprint density at radius 3 is 2.47 bits per heavy atom. The Bertz CT molecular complexity index is 1470. The molecule has 47 heavy (non-hydrogen) atoms. The molecule has 10 heteroatoms. The van der Waals surface area contributed by atoms with E-state index in [0.717, 1.165) is 76.3 Å². The van der Waals surface area contributed by atoms with Crippen molar-refractivity contribution in [2.45, 2.75) is 73.8 Å². The molecule has 5 aliphatic rings. The molecule has 1 saturated carbocycles. The monoisotopic (exact) mass is 657 g/mol. The van der Waals surface area contributed by atoms with Gasteiger partial charge in [0, 0.05) is 55.9 Å². The first-order chi connectivity index (χ1) is 22.9. The summed E-state index contributed by atoms with van der Waals surface area (Å²) < 4.78 is 6.57. The number of fused-ring (bicyclic) bond motifs is 1. The van der Waals surface area contributed by atoms with Crippen molar-refractivity contribution < 1.29 is 19.1 Å². The minimum absolute atomic E-state index is 0.112. The zero-order chi connectivity index (χ0) is 32.4. The normalized spacial score (nSPS) is 29.3. The zero-order valence-corrected chi connectivity index (χ0v) is 28.1. The topological polar surface area (TPSA) is 94.2 Å². The fraction of sp³-hybridized carbons (Fsp3) is 0.541. The van der Waals surface area contributed by atoms with Crippen LogP contribution in [0.3, 0.4) is 0 Å². The van der Waals surface area contributed by atoms with E-state index in [1.165, 1.54) is 12.0 Å². The van der Waals surface area contributed by atoms with Gasteiger partial charge in [-0.3, -0.25) is 19.3 Å². The van der Waals surface area contributed by atoms with Crippen LogP contribution in [-0.4, -0.2) is 102 Å². The first-order valence-corrected chi connectivity index (χ1v) is 18.6. The van der Waals surface area contributed by atoms with Gasteiger partial charge in [0.05, 0.1) is 17.9 Å². The number of thioether (sulfide) groups is 1. The van der Waals surface area contributed by atoms with Crippen LogP contribution >= 0.6 is 11.8 Å². The van der Waals surface area contributed by atoms with Crippen molar-refractivity contribution in [2.75, 3.05) is 50.8 Å². The molecule has 2 aromatic carbocycles. The Hall–Kier alpha value is -3.18. The first kappa shape index (κ1) is 32.4. The van der Waals surface area contributed by atoms with Crippen LogP contribution in [0.25, 0.3) is 0 Å². The molecule has 7 rings (SSSR count). The Balaban J connectivity index is 1.04. The van der Waals surface area contributed by atoms with E-state index in [4.69, 9.17) is 4.74 Å². The summed E-state index contributed by atoms with van der Waals surface area (Å²) in [6.07, 6.45) is 11.3. The van der Waals surface area contributed by atoms with Gasteiger partial charge in [-0.05, 0) is 55.8 Å². The lowest BCUT2D eigenvalue weighted by atomic mass is 9.74. The molecular formula is C37H47N5O4S. The first-order valence-electron chi connectivity index (χ1n) is 17.4. The van der Waals surface area contributed by atoms with Crippen LogP contribution in [0.1, 0.15) is 44.1 Å². The standard InChI is InChI=1S/C37H47N5O4S/c1-47-29-15-8-14-28(24-29)39-34(43)31-30-16-17-37(46-30)32(31)36(45)42(33(37)35(44)38-27-12-6-3-7-13-27)19-9-18-40-20-22-41(23-21-40)25-26-10-4-2-5-11-26/h2,4-5,8,10-11,14-17,24,27,30-33H,3,6-7,9,12-13,18-23,25H2,1H3,(H,38,44)(H,39,43)/t30-,31-,32-,33+,37-/m0/s1. The molecular weight excluding hydrogens is 611 g/mol. The lowest BCUT2D eigenvalue weighted by molar-refractivity contribution is -0.141. The highest BCUT2D eigenvalue weighted by atomic mass is 32.2. The molecule has 2 N–H and O–H groups in total. The molecule has 4 fully saturated rings. The van der Waals surface area contributed by atoms with Gasteiger partial charge in [-0.15, -0.1) is 11.8 Å². The van der Waals surface area contributed by atoms with Crippen molar-refractivity contribution >= 4 is 35.2 Å². The van der Waals surface area contributed by atoms with Crippen molar-refractivity contribution in [3.05, 3.63) is 72.3 Å². The zero-order valence-electron chi connectivity index (χ0n) is 27.3. The predicted molar refractivity (Wildman–Crippen MR) is 184 cm³/mol. The summed E-state index contributed by atoms with van der Waals surface area (Å²) in [5, 5.41) is 6.35. The molecule has 250 valence electrons. The Kier molecular flexibility index (Phi) is 9.73. The number of hydrogen-bond acceptors (Lipinski definition) is 7. The maximum absolute atomic E-state index is 14.4. The summed E-state index contributed by atoms with van der Waals surface area (Å²) in [4.78, 5) is 50.1. The highest BCUT2D eigenvalue weighted by molar-refractivity contribution is 7.98. The van der Waals surface area contributed by atoms with Gasteiger partial charge in [0.1, 0.15) is 11.6 Å². The van der Waals surface area contributed by atoms with Crippen molar-refractivity contribution in [3.63, 3.8) is 0 Å². The van der Waals surface area contributed by atoms with Crippen LogP contribution in [0, 0.1) is 11.8 Å². The average Bonchev–Trinajstić information content (AvgIpc) is 3.74. The number of rotatable bonds is 11. The van der Waals surface area contributed by atoms with E-state index in [-0.39, 0.29) is 23.8 Å². The SMILES string of the molecule is CSc1cccc(NC(=O)[C@H]2[C@@H]3C=C[C@]4(O3)[C@@H]2C(=O)N(CCCN2CCN(Cc3ccccc3)CC2)[C@@H]4C(=O)NC2CCCCC2)c1. The molecule has 2 aromatic rings. The van der Waals surface area contributed by atoms with Gasteiger partial charge in [-0.25, -0.2) is 0 Å². The van der Waals surface area contributed by atoms with E-state index in [1.807, 2.05) is 42.7 Å². The third kappa shape index (κ3) is 6.62. The number of anilines is 1. The number of ether oxygens (including phenoxy) is 1. The predicted octanol–water partition coefficient (Wildman–Crippen LogP) is 4.15. The molecule has 2 bridgehead atoms. The molecule has 3 saturated heterocycles. The van der Waals surface area contributed by atoms with E-state index in [1.54, 1.807) is 16.7 Å². The lowest BCUT2D eigenvalue weighted by Gasteiger charge is -2.36. The summed E-state index contributed by atoms with van der Waals surface area (Å²) in [5.74, 6) is -1.96. The number of nitrogens with one attached hydrogen (secondary N) is 2. The largest absolute Gasteiger partial charge is 0.359 e. The number of nitrogens with zero attached hydrogens (tertiary/aromatic N) is 3. The summed E-state index contributed by atoms with van der Waals surface area (Å²) in [5.41, 5.74) is 0.898. The second kappa shape index (κ2) is 14.1. The highest BCUT2D eigenvalue weighted by Crippen LogP contribution is 2.55. The Morgan fingerprint density at radius 1 is 0.936 bits per heavy atom. The molecule has 0 unspecified atom stereocenters. The number of benzene rings is 2. The van der Waals surface area contributed by atoms with Crippen LogP contribution < -0.4 is 10.6 Å². The van der Waals surface area contributed by atoms with Crippen LogP contribution in [0.5, 0.6) is 0 Å². The van der Waals surface area contributed by atoms with E-state index >= 15 is 0 Å². The minimum atomic E-state index is -1.13. The lowest BCUT2D eigenvalue weighted by Crippen LogP contribution is -2.56. The van der Waals surface area contributed by atoms with Gasteiger partial charge in [-0.1, -0.05) is 67.8 Å². The third-order valence-electron chi connectivity index (χ3n) is 10.8. The van der Waals surface area contributed by atoms with Crippen LogP contribution in [-0.2, 0) is 25.7 Å². The molecule has 5 atom stereocenters. The van der Waals surface area contributed by atoms with Crippen LogP contribution in [0.4, 0.5) is 5.69 Å². The van der Waals surface area contributed by atoms with Crippen LogP contribution in [0.15, 0.2) is 71.6 Å². The number of likely N-dealkylation sites (tertiary alicyclic amines) is 1. The maximum Gasteiger partial charge on any atom is 0.246 e. The second-order valence-corrected chi connectivity index (χ2v) is 14.6.